The van der Waals surface area contributed by atoms with Gasteiger partial charge >= 0.3 is 0 Å². The van der Waals surface area contributed by atoms with Crippen LogP contribution in [0, 0.1) is 0 Å². The Balaban J connectivity index is 1.18. The van der Waals surface area contributed by atoms with Crippen LogP contribution in [0.3, 0.4) is 0 Å². The zero-order valence-corrected chi connectivity index (χ0v) is 23.0. The van der Waals surface area contributed by atoms with E-state index in [1.807, 2.05) is 60.5 Å². The number of nitrogens with zero attached hydrogens (tertiary/aromatic N) is 2. The molecule has 6 heteroatoms. The average molecular weight is 539 g/mol. The molecule has 5 aromatic rings. The Morgan fingerprint density at radius 1 is 0.744 bits per heavy atom. The molecule has 1 N–H and O–H groups in total. The minimum Gasteiger partial charge on any atom is -0.395 e. The number of likely N-dealkylation sites (N-methyl/N-ethyl adjacent to an activating group) is 1. The summed E-state index contributed by atoms with van der Waals surface area (Å²) >= 11 is 0. The molecule has 0 aliphatic heterocycles. The molecule has 0 saturated heterocycles. The molecule has 0 radical (unpaired) electrons. The first-order valence-corrected chi connectivity index (χ1v) is 15.0. The second-order valence-electron chi connectivity index (χ2n) is 9.85. The third kappa shape index (κ3) is 6.08. The molecule has 5 nitrogen and oxygen atoms in total. The van der Waals surface area contributed by atoms with Gasteiger partial charge < -0.3 is 14.6 Å². The molecule has 0 aliphatic carbocycles. The van der Waals surface area contributed by atoms with Gasteiger partial charge in [0.25, 0.3) is 0 Å². The highest BCUT2D eigenvalue weighted by Crippen LogP contribution is 2.29. The van der Waals surface area contributed by atoms with Crippen molar-refractivity contribution < 1.29 is 13.5 Å². The van der Waals surface area contributed by atoms with Crippen LogP contribution >= 0.6 is 0 Å². The molecule has 1 aromatic heterocycles. The average Bonchev–Trinajstić information content (AvgIpc) is 3.28. The normalized spacial score (nSPS) is 12.1. The van der Waals surface area contributed by atoms with Gasteiger partial charge in [-0.25, -0.2) is 8.42 Å². The molecule has 0 amide bonds. The second kappa shape index (κ2) is 11.9. The van der Waals surface area contributed by atoms with Crippen LogP contribution in [0.5, 0.6) is 0 Å². The van der Waals surface area contributed by atoms with E-state index in [0.29, 0.717) is 17.9 Å². The molecule has 200 valence electrons. The summed E-state index contributed by atoms with van der Waals surface area (Å²) in [5.74, 6) is 0.135. The predicted molar refractivity (Wildman–Crippen MR) is 163 cm³/mol. The standard InChI is InChI=1S/C33H34N2O3S/c1-34(23-24-36)28-18-14-26(15-19-28)12-13-27-16-20-29(21-17-27)39(37,38)25-7-6-22-35-32-10-4-2-8-30(32)31-9-3-5-11-33(31)35/h2-5,8-21,36H,6-7,22-25H2,1H3/b13-12+. The van der Waals surface area contributed by atoms with Gasteiger partial charge in [0.2, 0.25) is 0 Å². The van der Waals surface area contributed by atoms with Crippen LogP contribution < -0.4 is 4.90 Å². The number of benzene rings is 4. The zero-order chi connectivity index (χ0) is 27.2. The number of rotatable bonds is 11. The van der Waals surface area contributed by atoms with Crippen LogP contribution in [0.25, 0.3) is 34.0 Å². The lowest BCUT2D eigenvalue weighted by atomic mass is 10.1. The summed E-state index contributed by atoms with van der Waals surface area (Å²) in [4.78, 5) is 2.37. The number of aryl methyl sites for hydroxylation is 1. The molecule has 0 unspecified atom stereocenters. The Morgan fingerprint density at radius 3 is 1.85 bits per heavy atom. The predicted octanol–water partition coefficient (Wildman–Crippen LogP) is 6.65. The van der Waals surface area contributed by atoms with Crippen LogP contribution in [0.1, 0.15) is 24.0 Å². The summed E-state index contributed by atoms with van der Waals surface area (Å²) in [6.45, 7) is 1.49. The van der Waals surface area contributed by atoms with Gasteiger partial charge in [-0.05, 0) is 60.4 Å². The molecule has 1 heterocycles. The maximum absolute atomic E-state index is 13.0. The maximum atomic E-state index is 13.0. The molecule has 0 bridgehead atoms. The third-order valence-corrected chi connectivity index (χ3v) is 9.02. The maximum Gasteiger partial charge on any atom is 0.178 e. The van der Waals surface area contributed by atoms with E-state index in [-0.39, 0.29) is 12.4 Å². The topological polar surface area (TPSA) is 62.5 Å². The van der Waals surface area contributed by atoms with E-state index in [2.05, 4.69) is 53.1 Å². The number of para-hydroxylation sites is 2. The molecule has 0 aliphatic rings. The second-order valence-corrected chi connectivity index (χ2v) is 12.0. The number of aliphatic hydroxyl groups is 1. The van der Waals surface area contributed by atoms with E-state index < -0.39 is 9.84 Å². The van der Waals surface area contributed by atoms with Crippen molar-refractivity contribution in [3.63, 3.8) is 0 Å². The molecule has 0 fully saturated rings. The molecule has 5 rings (SSSR count). The number of hydrogen-bond acceptors (Lipinski definition) is 4. The summed E-state index contributed by atoms with van der Waals surface area (Å²) in [5.41, 5.74) is 5.43. The summed E-state index contributed by atoms with van der Waals surface area (Å²) in [7, 11) is -1.40. The Kier molecular flexibility index (Phi) is 8.15. The van der Waals surface area contributed by atoms with Crippen molar-refractivity contribution >= 4 is 49.5 Å². The van der Waals surface area contributed by atoms with E-state index in [4.69, 9.17) is 5.11 Å². The largest absolute Gasteiger partial charge is 0.395 e. The number of anilines is 1. The van der Waals surface area contributed by atoms with Crippen molar-refractivity contribution in [1.29, 1.82) is 0 Å². The molecule has 0 saturated carbocycles. The van der Waals surface area contributed by atoms with Gasteiger partial charge in [0.15, 0.2) is 9.84 Å². The van der Waals surface area contributed by atoms with Gasteiger partial charge in [0.1, 0.15) is 0 Å². The quantitative estimate of drug-likeness (QED) is 0.151. The Hall–Kier alpha value is -3.87. The first kappa shape index (κ1) is 26.7. The van der Waals surface area contributed by atoms with Crippen LogP contribution in [0.15, 0.2) is 102 Å². The van der Waals surface area contributed by atoms with E-state index in [1.165, 1.54) is 21.8 Å². The minimum absolute atomic E-state index is 0.118. The van der Waals surface area contributed by atoms with Gasteiger partial charge in [-0.1, -0.05) is 72.8 Å². The van der Waals surface area contributed by atoms with Crippen molar-refractivity contribution in [2.24, 2.45) is 0 Å². The van der Waals surface area contributed by atoms with Crippen molar-refractivity contribution in [1.82, 2.24) is 4.57 Å². The fourth-order valence-corrected chi connectivity index (χ4v) is 6.39. The minimum atomic E-state index is -3.34. The van der Waals surface area contributed by atoms with E-state index >= 15 is 0 Å². The highest BCUT2D eigenvalue weighted by atomic mass is 32.2. The molecule has 4 aromatic carbocycles. The highest BCUT2D eigenvalue weighted by molar-refractivity contribution is 7.91. The van der Waals surface area contributed by atoms with Gasteiger partial charge in [-0.2, -0.15) is 0 Å². The van der Waals surface area contributed by atoms with Crippen LogP contribution in [0.4, 0.5) is 5.69 Å². The number of unbranched alkanes of at least 4 members (excludes halogenated alkanes) is 1. The van der Waals surface area contributed by atoms with Crippen molar-refractivity contribution in [3.05, 3.63) is 108 Å². The lowest BCUT2D eigenvalue weighted by molar-refractivity contribution is 0.304. The summed E-state index contributed by atoms with van der Waals surface area (Å²) < 4.78 is 28.3. The van der Waals surface area contributed by atoms with Crippen molar-refractivity contribution in [2.75, 3.05) is 30.9 Å². The fraction of sp³-hybridized carbons (Fsp3) is 0.212. The first-order chi connectivity index (χ1) is 19.0. The smallest absolute Gasteiger partial charge is 0.178 e. The number of sulfone groups is 1. The van der Waals surface area contributed by atoms with E-state index in [1.54, 1.807) is 12.1 Å². The number of aliphatic hydroxyl groups excluding tert-OH is 1. The fourth-order valence-electron chi connectivity index (χ4n) is 5.02. The van der Waals surface area contributed by atoms with Crippen LogP contribution in [-0.4, -0.2) is 44.0 Å². The van der Waals surface area contributed by atoms with Gasteiger partial charge in [-0.15, -0.1) is 0 Å². The Bertz CT molecular complexity index is 1630. The first-order valence-electron chi connectivity index (χ1n) is 13.4. The van der Waals surface area contributed by atoms with Gasteiger partial charge in [-0.3, -0.25) is 0 Å². The zero-order valence-electron chi connectivity index (χ0n) is 22.2. The number of hydrogen-bond donors (Lipinski definition) is 1. The lowest BCUT2D eigenvalue weighted by Gasteiger charge is -2.17. The highest BCUT2D eigenvalue weighted by Gasteiger charge is 2.15. The lowest BCUT2D eigenvalue weighted by Crippen LogP contribution is -2.20. The molecule has 0 atom stereocenters. The molecular formula is C33H34N2O3S. The molecular weight excluding hydrogens is 504 g/mol. The summed E-state index contributed by atoms with van der Waals surface area (Å²) in [6, 6.07) is 32.0. The van der Waals surface area contributed by atoms with Crippen LogP contribution in [-0.2, 0) is 16.4 Å². The van der Waals surface area contributed by atoms with Crippen molar-refractivity contribution in [2.45, 2.75) is 24.3 Å². The summed E-state index contributed by atoms with van der Waals surface area (Å²) in [6.07, 6.45) is 5.38. The Morgan fingerprint density at radius 2 is 1.28 bits per heavy atom. The van der Waals surface area contributed by atoms with Gasteiger partial charge in [0.05, 0.1) is 17.3 Å². The van der Waals surface area contributed by atoms with E-state index in [0.717, 1.165) is 29.8 Å². The van der Waals surface area contributed by atoms with Crippen LogP contribution in [0.2, 0.25) is 0 Å². The monoisotopic (exact) mass is 538 g/mol. The third-order valence-electron chi connectivity index (χ3n) is 7.20. The summed E-state index contributed by atoms with van der Waals surface area (Å²) in [5, 5.41) is 11.6. The van der Waals surface area contributed by atoms with Gasteiger partial charge in [0, 0.05) is 47.6 Å². The number of aromatic nitrogens is 1. The molecule has 39 heavy (non-hydrogen) atoms. The molecule has 0 spiro atoms. The Labute approximate surface area is 230 Å². The SMILES string of the molecule is CN(CCO)c1ccc(/C=C/c2ccc(S(=O)(=O)CCCCn3c4ccccc4c4ccccc43)cc2)cc1. The van der Waals surface area contributed by atoms with Crippen molar-refractivity contribution in [3.8, 4) is 0 Å². The van der Waals surface area contributed by atoms with E-state index in [9.17, 15) is 8.42 Å². The number of fused-ring (bicyclic) bond motifs is 3.